The van der Waals surface area contributed by atoms with Crippen LogP contribution in [0.5, 0.6) is 0 Å². The molecule has 1 aromatic carbocycles. The summed E-state index contributed by atoms with van der Waals surface area (Å²) in [6.45, 7) is 6.68. The molecule has 0 aromatic heterocycles. The standard InChI is InChI=1S/C16H24FN/c1-11-7-6-8-12(2)16(11)18-13(3)14-9-4-5-10-15(14)17/h4-5,9-13,16,18H,6-8H2,1-3H3. The molecule has 0 saturated heterocycles. The third-order valence-corrected chi connectivity index (χ3v) is 4.36. The normalized spacial score (nSPS) is 30.1. The maximum atomic E-state index is 13.7. The number of rotatable bonds is 3. The molecule has 1 aliphatic carbocycles. The Kier molecular flexibility index (Phi) is 4.39. The Hall–Kier alpha value is -0.890. The van der Waals surface area contributed by atoms with Gasteiger partial charge in [0.15, 0.2) is 0 Å². The third-order valence-electron chi connectivity index (χ3n) is 4.36. The molecule has 3 unspecified atom stereocenters. The van der Waals surface area contributed by atoms with Crippen LogP contribution in [-0.4, -0.2) is 6.04 Å². The first-order chi connectivity index (χ1) is 8.59. The van der Waals surface area contributed by atoms with Gasteiger partial charge in [-0.15, -0.1) is 0 Å². The Bertz CT molecular complexity index is 380. The molecule has 2 heteroatoms. The number of nitrogens with one attached hydrogen (secondary N) is 1. The summed E-state index contributed by atoms with van der Waals surface area (Å²) in [5.41, 5.74) is 0.780. The lowest BCUT2D eigenvalue weighted by atomic mass is 9.78. The zero-order valence-corrected chi connectivity index (χ0v) is 11.6. The van der Waals surface area contributed by atoms with Gasteiger partial charge in [0.1, 0.15) is 5.82 Å². The zero-order valence-electron chi connectivity index (χ0n) is 11.6. The van der Waals surface area contributed by atoms with E-state index >= 15 is 0 Å². The predicted octanol–water partition coefficient (Wildman–Crippen LogP) is 4.30. The maximum Gasteiger partial charge on any atom is 0.127 e. The molecular weight excluding hydrogens is 225 g/mol. The summed E-state index contributed by atoms with van der Waals surface area (Å²) < 4.78 is 13.7. The number of hydrogen-bond acceptors (Lipinski definition) is 1. The first kappa shape index (κ1) is 13.5. The van der Waals surface area contributed by atoms with E-state index in [2.05, 4.69) is 26.1 Å². The van der Waals surface area contributed by atoms with Gasteiger partial charge in [-0.2, -0.15) is 0 Å². The molecule has 1 fully saturated rings. The van der Waals surface area contributed by atoms with E-state index in [0.717, 1.165) is 5.56 Å². The number of benzene rings is 1. The molecule has 2 rings (SSSR count). The summed E-state index contributed by atoms with van der Waals surface area (Å²) in [5, 5.41) is 3.64. The van der Waals surface area contributed by atoms with Gasteiger partial charge in [0.25, 0.3) is 0 Å². The quantitative estimate of drug-likeness (QED) is 0.842. The lowest BCUT2D eigenvalue weighted by Gasteiger charge is -2.37. The first-order valence-electron chi connectivity index (χ1n) is 7.10. The van der Waals surface area contributed by atoms with Crippen molar-refractivity contribution in [1.29, 1.82) is 0 Å². The van der Waals surface area contributed by atoms with E-state index in [0.29, 0.717) is 17.9 Å². The lowest BCUT2D eigenvalue weighted by Crippen LogP contribution is -2.44. The topological polar surface area (TPSA) is 12.0 Å². The van der Waals surface area contributed by atoms with Crippen LogP contribution >= 0.6 is 0 Å². The van der Waals surface area contributed by atoms with Crippen molar-refractivity contribution in [3.05, 3.63) is 35.6 Å². The van der Waals surface area contributed by atoms with Gasteiger partial charge in [0, 0.05) is 17.6 Å². The molecule has 3 atom stereocenters. The fourth-order valence-electron chi connectivity index (χ4n) is 3.22. The maximum absolute atomic E-state index is 13.7. The average molecular weight is 249 g/mol. The second-order valence-electron chi connectivity index (χ2n) is 5.82. The fourth-order valence-corrected chi connectivity index (χ4v) is 3.22. The van der Waals surface area contributed by atoms with E-state index in [1.165, 1.54) is 19.3 Å². The lowest BCUT2D eigenvalue weighted by molar-refractivity contribution is 0.195. The van der Waals surface area contributed by atoms with Crippen LogP contribution in [0.3, 0.4) is 0 Å². The van der Waals surface area contributed by atoms with Gasteiger partial charge in [-0.3, -0.25) is 0 Å². The molecule has 0 radical (unpaired) electrons. The van der Waals surface area contributed by atoms with Crippen LogP contribution in [0, 0.1) is 17.7 Å². The van der Waals surface area contributed by atoms with E-state index < -0.39 is 0 Å². The molecular formula is C16H24FN. The minimum Gasteiger partial charge on any atom is -0.307 e. The predicted molar refractivity (Wildman–Crippen MR) is 73.9 cm³/mol. The second-order valence-corrected chi connectivity index (χ2v) is 5.82. The Balaban J connectivity index is 2.06. The van der Waals surface area contributed by atoms with Crippen molar-refractivity contribution in [2.45, 2.75) is 52.1 Å². The molecule has 1 aliphatic rings. The molecule has 0 aliphatic heterocycles. The second kappa shape index (κ2) is 5.83. The monoisotopic (exact) mass is 249 g/mol. The molecule has 1 aromatic rings. The van der Waals surface area contributed by atoms with E-state index in [4.69, 9.17) is 0 Å². The van der Waals surface area contributed by atoms with Crippen LogP contribution in [-0.2, 0) is 0 Å². The molecule has 1 N–H and O–H groups in total. The van der Waals surface area contributed by atoms with Gasteiger partial charge < -0.3 is 5.32 Å². The van der Waals surface area contributed by atoms with Crippen molar-refractivity contribution in [3.63, 3.8) is 0 Å². The van der Waals surface area contributed by atoms with E-state index in [9.17, 15) is 4.39 Å². The van der Waals surface area contributed by atoms with Crippen molar-refractivity contribution in [1.82, 2.24) is 5.32 Å². The van der Waals surface area contributed by atoms with Gasteiger partial charge >= 0.3 is 0 Å². The van der Waals surface area contributed by atoms with Gasteiger partial charge in [0.05, 0.1) is 0 Å². The molecule has 1 nitrogen and oxygen atoms in total. The van der Waals surface area contributed by atoms with Gasteiger partial charge in [0.2, 0.25) is 0 Å². The van der Waals surface area contributed by atoms with Crippen molar-refractivity contribution in [2.24, 2.45) is 11.8 Å². The number of hydrogen-bond donors (Lipinski definition) is 1. The SMILES string of the molecule is CC(NC1C(C)CCCC1C)c1ccccc1F. The Morgan fingerprint density at radius 1 is 1.17 bits per heavy atom. The van der Waals surface area contributed by atoms with E-state index in [1.54, 1.807) is 12.1 Å². The van der Waals surface area contributed by atoms with Crippen molar-refractivity contribution < 1.29 is 4.39 Å². The molecule has 0 bridgehead atoms. The van der Waals surface area contributed by atoms with Crippen LogP contribution in [0.15, 0.2) is 24.3 Å². The van der Waals surface area contributed by atoms with Crippen LogP contribution in [0.4, 0.5) is 4.39 Å². The highest BCUT2D eigenvalue weighted by Gasteiger charge is 2.29. The van der Waals surface area contributed by atoms with Gasteiger partial charge in [-0.25, -0.2) is 4.39 Å². The number of halogens is 1. The third kappa shape index (κ3) is 2.92. The minimum absolute atomic E-state index is 0.0826. The van der Waals surface area contributed by atoms with Crippen LogP contribution < -0.4 is 5.32 Å². The average Bonchev–Trinajstić information content (AvgIpc) is 2.34. The molecule has 0 amide bonds. The summed E-state index contributed by atoms with van der Waals surface area (Å²) in [6, 6.07) is 7.67. The minimum atomic E-state index is -0.103. The summed E-state index contributed by atoms with van der Waals surface area (Å²) in [6.07, 6.45) is 3.90. The van der Waals surface area contributed by atoms with Crippen molar-refractivity contribution >= 4 is 0 Å². The van der Waals surface area contributed by atoms with E-state index in [-0.39, 0.29) is 11.9 Å². The molecule has 18 heavy (non-hydrogen) atoms. The highest BCUT2D eigenvalue weighted by atomic mass is 19.1. The smallest absolute Gasteiger partial charge is 0.127 e. The largest absolute Gasteiger partial charge is 0.307 e. The zero-order chi connectivity index (χ0) is 13.1. The summed E-state index contributed by atoms with van der Waals surface area (Å²) >= 11 is 0. The molecule has 0 heterocycles. The van der Waals surface area contributed by atoms with Crippen molar-refractivity contribution in [3.8, 4) is 0 Å². The highest BCUT2D eigenvalue weighted by molar-refractivity contribution is 5.20. The van der Waals surface area contributed by atoms with Crippen LogP contribution in [0.2, 0.25) is 0 Å². The Labute approximate surface area is 110 Å². The molecule has 0 spiro atoms. The van der Waals surface area contributed by atoms with Crippen LogP contribution in [0.25, 0.3) is 0 Å². The van der Waals surface area contributed by atoms with Crippen molar-refractivity contribution in [2.75, 3.05) is 0 Å². The van der Waals surface area contributed by atoms with Gasteiger partial charge in [-0.1, -0.05) is 38.5 Å². The molecule has 100 valence electrons. The Morgan fingerprint density at radius 2 is 1.78 bits per heavy atom. The molecule has 1 saturated carbocycles. The van der Waals surface area contributed by atoms with Gasteiger partial charge in [-0.05, 0) is 37.7 Å². The summed E-state index contributed by atoms with van der Waals surface area (Å²) in [4.78, 5) is 0. The fraction of sp³-hybridized carbons (Fsp3) is 0.625. The summed E-state index contributed by atoms with van der Waals surface area (Å²) in [7, 11) is 0. The first-order valence-corrected chi connectivity index (χ1v) is 7.10. The highest BCUT2D eigenvalue weighted by Crippen LogP contribution is 2.30. The Morgan fingerprint density at radius 3 is 2.39 bits per heavy atom. The summed E-state index contributed by atoms with van der Waals surface area (Å²) in [5.74, 6) is 1.26. The van der Waals surface area contributed by atoms with E-state index in [1.807, 2.05) is 12.1 Å². The van der Waals surface area contributed by atoms with Crippen LogP contribution in [0.1, 0.15) is 51.6 Å².